The molecule has 1 aliphatic carbocycles. The second-order valence-electron chi connectivity index (χ2n) is 8.98. The van der Waals surface area contributed by atoms with Gasteiger partial charge < -0.3 is 15.2 Å². The Bertz CT molecular complexity index is 1490. The first-order chi connectivity index (χ1) is 17.5. The van der Waals surface area contributed by atoms with Gasteiger partial charge in [0.2, 0.25) is 5.88 Å². The molecule has 1 aromatic carbocycles. The average molecular weight is 487 g/mol. The number of nitrogens with two attached hydrogens (primary N) is 1. The van der Waals surface area contributed by atoms with Gasteiger partial charge in [0.15, 0.2) is 0 Å². The number of rotatable bonds is 6. The van der Waals surface area contributed by atoms with Crippen molar-refractivity contribution in [1.82, 2.24) is 19.9 Å². The van der Waals surface area contributed by atoms with E-state index < -0.39 is 11.7 Å². The lowest BCUT2D eigenvalue weighted by Crippen LogP contribution is -2.31. The third kappa shape index (κ3) is 3.99. The zero-order chi connectivity index (χ0) is 24.8. The summed E-state index contributed by atoms with van der Waals surface area (Å²) in [6.07, 6.45) is 6.19. The summed E-state index contributed by atoms with van der Waals surface area (Å²) in [7, 11) is 1.42. The van der Waals surface area contributed by atoms with Crippen molar-refractivity contribution in [2.75, 3.05) is 17.7 Å². The molecule has 10 heteroatoms. The highest BCUT2D eigenvalue weighted by Gasteiger charge is 2.28. The van der Waals surface area contributed by atoms with Crippen LogP contribution < -0.4 is 15.4 Å². The van der Waals surface area contributed by atoms with Gasteiger partial charge in [0.25, 0.3) is 5.91 Å². The van der Waals surface area contributed by atoms with Crippen LogP contribution >= 0.6 is 0 Å². The summed E-state index contributed by atoms with van der Waals surface area (Å²) in [4.78, 5) is 32.4. The Kier molecular flexibility index (Phi) is 5.45. The molecule has 0 atom stereocenters. The van der Waals surface area contributed by atoms with Crippen molar-refractivity contribution in [2.45, 2.75) is 38.5 Å². The Morgan fingerprint density at radius 1 is 1.14 bits per heavy atom. The molecule has 1 amide bonds. The molecule has 0 radical (unpaired) electrons. The largest absolute Gasteiger partial charge is 0.480 e. The van der Waals surface area contributed by atoms with Gasteiger partial charge in [-0.15, -0.1) is 0 Å². The first kappa shape index (κ1) is 22.3. The monoisotopic (exact) mass is 486 g/mol. The second-order valence-corrected chi connectivity index (χ2v) is 8.98. The minimum Gasteiger partial charge on any atom is -0.480 e. The quantitative estimate of drug-likeness (QED) is 0.436. The molecule has 1 fully saturated rings. The lowest BCUT2D eigenvalue weighted by atomic mass is 10.0. The van der Waals surface area contributed by atoms with E-state index in [1.807, 2.05) is 18.2 Å². The summed E-state index contributed by atoms with van der Waals surface area (Å²) in [6, 6.07) is 6.95. The summed E-state index contributed by atoms with van der Waals surface area (Å²) in [5.41, 5.74) is 10.0. The number of carbonyl (C=O) groups excluding carboxylic acids is 1. The average Bonchev–Trinajstić information content (AvgIpc) is 3.62. The number of methoxy groups -OCH3 is 1. The van der Waals surface area contributed by atoms with Crippen LogP contribution in [0.2, 0.25) is 0 Å². The Hall–Kier alpha value is -4.18. The van der Waals surface area contributed by atoms with E-state index in [-0.39, 0.29) is 23.7 Å². The van der Waals surface area contributed by atoms with Crippen LogP contribution in [0.3, 0.4) is 0 Å². The van der Waals surface area contributed by atoms with E-state index in [1.165, 1.54) is 30.5 Å². The maximum Gasteiger partial charge on any atom is 0.261 e. The number of nitrogen functional groups attached to an aromatic ring is 1. The van der Waals surface area contributed by atoms with Crippen LogP contribution in [-0.2, 0) is 24.5 Å². The highest BCUT2D eigenvalue weighted by Crippen LogP contribution is 2.38. The standard InChI is InChI=1S/C26H23FN6O3/c1-35-25-22(7-17(27)10-31-25)33(26(34)16-8-29-24(30-9-16)15-3-4-15)11-14-2-5-18-19-12-36-13-20(19)23(28)32-21(18)6-14/h2,5-10,15H,3-4,11-13H2,1H3,(H2,28,32). The SMILES string of the molecule is COc1ncc(F)cc1N(Cc1ccc2c3c(c(N)nc2c1)COC3)C(=O)c1cnc(C2CC2)nc1. The molecule has 36 heavy (non-hydrogen) atoms. The molecule has 0 bridgehead atoms. The van der Waals surface area contributed by atoms with E-state index in [9.17, 15) is 9.18 Å². The van der Waals surface area contributed by atoms with E-state index in [2.05, 4.69) is 19.9 Å². The van der Waals surface area contributed by atoms with E-state index >= 15 is 0 Å². The molecule has 0 saturated heterocycles. The van der Waals surface area contributed by atoms with Gasteiger partial charge in [-0.1, -0.05) is 12.1 Å². The van der Waals surface area contributed by atoms with E-state index in [0.717, 1.165) is 46.9 Å². The van der Waals surface area contributed by atoms with E-state index in [1.54, 1.807) is 0 Å². The fourth-order valence-electron chi connectivity index (χ4n) is 4.49. The number of amides is 1. The topological polar surface area (TPSA) is 116 Å². The summed E-state index contributed by atoms with van der Waals surface area (Å²) in [6.45, 7) is 1.03. The van der Waals surface area contributed by atoms with Crippen LogP contribution in [0.1, 0.15) is 51.6 Å². The third-order valence-corrected chi connectivity index (χ3v) is 6.52. The molecular formula is C26H23FN6O3. The molecule has 6 rings (SSSR count). The summed E-state index contributed by atoms with van der Waals surface area (Å²) >= 11 is 0. The van der Waals surface area contributed by atoms with Crippen LogP contribution in [0.25, 0.3) is 10.9 Å². The van der Waals surface area contributed by atoms with Gasteiger partial charge in [0.05, 0.1) is 44.1 Å². The summed E-state index contributed by atoms with van der Waals surface area (Å²) in [5.74, 6) is 0.660. The number of halogens is 1. The second kappa shape index (κ2) is 8.80. The number of hydrogen-bond acceptors (Lipinski definition) is 8. The minimum atomic E-state index is -0.590. The molecule has 4 aromatic rings. The molecule has 4 heterocycles. The Labute approximate surface area is 206 Å². The van der Waals surface area contributed by atoms with Crippen LogP contribution in [0.15, 0.2) is 42.9 Å². The number of benzene rings is 1. The minimum absolute atomic E-state index is 0.107. The highest BCUT2D eigenvalue weighted by molar-refractivity contribution is 6.06. The first-order valence-corrected chi connectivity index (χ1v) is 11.6. The van der Waals surface area contributed by atoms with Crippen molar-refractivity contribution in [1.29, 1.82) is 0 Å². The molecule has 2 N–H and O–H groups in total. The van der Waals surface area contributed by atoms with Crippen molar-refractivity contribution in [2.24, 2.45) is 0 Å². The first-order valence-electron chi connectivity index (χ1n) is 11.6. The summed E-state index contributed by atoms with van der Waals surface area (Å²) in [5, 5.41) is 0.951. The number of hydrogen-bond donors (Lipinski definition) is 1. The number of pyridine rings is 2. The van der Waals surface area contributed by atoms with Crippen molar-refractivity contribution >= 4 is 28.3 Å². The zero-order valence-electron chi connectivity index (χ0n) is 19.6. The smallest absolute Gasteiger partial charge is 0.261 e. The van der Waals surface area contributed by atoms with Crippen LogP contribution in [-0.4, -0.2) is 33.0 Å². The molecule has 1 saturated carbocycles. The van der Waals surface area contributed by atoms with Crippen LogP contribution in [0.5, 0.6) is 5.88 Å². The van der Waals surface area contributed by atoms with Crippen LogP contribution in [0.4, 0.5) is 15.9 Å². The molecule has 182 valence electrons. The third-order valence-electron chi connectivity index (χ3n) is 6.52. The molecule has 9 nitrogen and oxygen atoms in total. The number of aromatic nitrogens is 4. The molecular weight excluding hydrogens is 463 g/mol. The van der Waals surface area contributed by atoms with Gasteiger partial charge in [-0.25, -0.2) is 24.3 Å². The van der Waals surface area contributed by atoms with E-state index in [0.29, 0.717) is 30.5 Å². The number of carbonyl (C=O) groups is 1. The lowest BCUT2D eigenvalue weighted by molar-refractivity contribution is 0.0983. The number of fused-ring (bicyclic) bond motifs is 3. The van der Waals surface area contributed by atoms with Gasteiger partial charge in [0, 0.05) is 35.3 Å². The molecule has 2 aliphatic rings. The normalized spacial score (nSPS) is 14.6. The highest BCUT2D eigenvalue weighted by atomic mass is 19.1. The number of nitrogens with zero attached hydrogens (tertiary/aromatic N) is 5. The predicted molar refractivity (Wildman–Crippen MR) is 130 cm³/mol. The Morgan fingerprint density at radius 3 is 2.67 bits per heavy atom. The Morgan fingerprint density at radius 2 is 1.92 bits per heavy atom. The maximum absolute atomic E-state index is 14.3. The lowest BCUT2D eigenvalue weighted by Gasteiger charge is -2.24. The van der Waals surface area contributed by atoms with Gasteiger partial charge >= 0.3 is 0 Å². The van der Waals surface area contributed by atoms with Crippen molar-refractivity contribution < 1.29 is 18.7 Å². The number of ether oxygens (including phenoxy) is 2. The van der Waals surface area contributed by atoms with Crippen molar-refractivity contribution in [3.8, 4) is 5.88 Å². The van der Waals surface area contributed by atoms with Crippen molar-refractivity contribution in [3.05, 3.63) is 76.8 Å². The fraction of sp³-hybridized carbons (Fsp3) is 0.269. The van der Waals surface area contributed by atoms with Gasteiger partial charge in [-0.2, -0.15) is 0 Å². The molecule has 3 aromatic heterocycles. The predicted octanol–water partition coefficient (Wildman–Crippen LogP) is 3.90. The Balaban J connectivity index is 1.40. The van der Waals surface area contributed by atoms with Gasteiger partial charge in [0.1, 0.15) is 23.1 Å². The maximum atomic E-state index is 14.3. The molecule has 1 aliphatic heterocycles. The van der Waals surface area contributed by atoms with Crippen LogP contribution in [0, 0.1) is 5.82 Å². The van der Waals surface area contributed by atoms with Crippen molar-refractivity contribution in [3.63, 3.8) is 0 Å². The zero-order valence-corrected chi connectivity index (χ0v) is 19.6. The van der Waals surface area contributed by atoms with Gasteiger partial charge in [-0.05, 0) is 30.0 Å². The molecule has 0 unspecified atom stereocenters. The van der Waals surface area contributed by atoms with Gasteiger partial charge in [-0.3, -0.25) is 9.69 Å². The number of anilines is 2. The fourth-order valence-corrected chi connectivity index (χ4v) is 4.49. The van der Waals surface area contributed by atoms with E-state index in [4.69, 9.17) is 15.2 Å². The summed E-state index contributed by atoms with van der Waals surface area (Å²) < 4.78 is 25.2. The molecule has 0 spiro atoms.